The smallest absolute Gasteiger partial charge is 0.161 e. The molecule has 5 nitrogen and oxygen atoms in total. The Morgan fingerprint density at radius 2 is 2.36 bits per heavy atom. The summed E-state index contributed by atoms with van der Waals surface area (Å²) in [5.74, 6) is 0.0710. The highest BCUT2D eigenvalue weighted by Crippen LogP contribution is 2.39. The molecule has 120 valence electrons. The molecule has 3 rings (SSSR count). The summed E-state index contributed by atoms with van der Waals surface area (Å²) < 4.78 is 25.0. The summed E-state index contributed by atoms with van der Waals surface area (Å²) in [5, 5.41) is 12.6. The third kappa shape index (κ3) is 3.12. The Hall–Kier alpha value is -1.55. The largest absolute Gasteiger partial charge is 0.484 e. The molecule has 2 aliphatic rings. The van der Waals surface area contributed by atoms with Crippen molar-refractivity contribution < 1.29 is 13.9 Å². The number of hydrogen-bond acceptors (Lipinski definition) is 5. The van der Waals surface area contributed by atoms with Gasteiger partial charge in [-0.3, -0.25) is 0 Å². The lowest BCUT2D eigenvalue weighted by molar-refractivity contribution is 0.0743. The van der Waals surface area contributed by atoms with Crippen LogP contribution in [0.15, 0.2) is 12.1 Å². The first-order chi connectivity index (χ1) is 10.2. The Labute approximate surface area is 135 Å². The van der Waals surface area contributed by atoms with Crippen LogP contribution in [0.25, 0.3) is 0 Å². The van der Waals surface area contributed by atoms with Crippen LogP contribution in [-0.2, 0) is 4.74 Å². The van der Waals surface area contributed by atoms with Gasteiger partial charge in [0, 0.05) is 45.3 Å². The maximum Gasteiger partial charge on any atom is 0.161 e. The molecule has 2 aliphatic heterocycles. The number of fused-ring (bicyclic) bond motifs is 3. The van der Waals surface area contributed by atoms with E-state index in [4.69, 9.17) is 9.47 Å². The van der Waals surface area contributed by atoms with Gasteiger partial charge in [0.2, 0.25) is 0 Å². The quantitative estimate of drug-likeness (QED) is 0.896. The zero-order chi connectivity index (χ0) is 14.8. The zero-order valence-electron chi connectivity index (χ0n) is 12.3. The number of nitriles is 1. The third-order valence-electron chi connectivity index (χ3n) is 3.99. The van der Waals surface area contributed by atoms with Crippen molar-refractivity contribution in [1.82, 2.24) is 5.32 Å². The van der Waals surface area contributed by atoms with Gasteiger partial charge in [0.1, 0.15) is 18.0 Å². The Morgan fingerprint density at radius 3 is 3.09 bits per heavy atom. The highest BCUT2D eigenvalue weighted by Gasteiger charge is 2.33. The average molecular weight is 328 g/mol. The van der Waals surface area contributed by atoms with E-state index in [0.29, 0.717) is 18.0 Å². The number of ether oxygens (including phenoxy) is 2. The van der Waals surface area contributed by atoms with Gasteiger partial charge < -0.3 is 19.7 Å². The molecular weight excluding hydrogens is 309 g/mol. The van der Waals surface area contributed by atoms with Crippen LogP contribution in [-0.4, -0.2) is 45.5 Å². The van der Waals surface area contributed by atoms with Gasteiger partial charge in [-0.25, -0.2) is 4.39 Å². The van der Waals surface area contributed by atoms with E-state index in [2.05, 4.69) is 10.2 Å². The van der Waals surface area contributed by atoms with Crippen molar-refractivity contribution in [3.8, 4) is 11.8 Å². The summed E-state index contributed by atoms with van der Waals surface area (Å²) in [5.41, 5.74) is 0.918. The molecule has 0 spiro atoms. The predicted molar refractivity (Wildman–Crippen MR) is 83.3 cm³/mol. The highest BCUT2D eigenvalue weighted by atomic mass is 35.5. The molecule has 7 heteroatoms. The minimum Gasteiger partial charge on any atom is -0.484 e. The number of anilines is 1. The van der Waals surface area contributed by atoms with Gasteiger partial charge >= 0.3 is 0 Å². The maximum absolute atomic E-state index is 13.8. The number of piperazine rings is 1. The van der Waals surface area contributed by atoms with E-state index in [1.54, 1.807) is 7.11 Å². The van der Waals surface area contributed by atoms with Crippen molar-refractivity contribution in [3.05, 3.63) is 23.5 Å². The molecule has 0 aromatic heterocycles. The van der Waals surface area contributed by atoms with E-state index in [1.807, 2.05) is 6.07 Å². The van der Waals surface area contributed by atoms with Crippen molar-refractivity contribution in [2.75, 3.05) is 38.3 Å². The summed E-state index contributed by atoms with van der Waals surface area (Å²) in [6, 6.07) is 4.94. The third-order valence-corrected chi connectivity index (χ3v) is 3.99. The Bertz CT molecular complexity index is 579. The van der Waals surface area contributed by atoms with E-state index < -0.39 is 5.82 Å². The molecule has 1 saturated heterocycles. The minimum atomic E-state index is -0.406. The first-order valence-electron chi connectivity index (χ1n) is 7.09. The number of benzene rings is 1. The molecule has 2 heterocycles. The van der Waals surface area contributed by atoms with E-state index >= 15 is 0 Å². The van der Waals surface area contributed by atoms with E-state index in [1.165, 1.54) is 12.1 Å². The maximum atomic E-state index is 13.8. The number of rotatable bonds is 2. The van der Waals surface area contributed by atoms with Crippen molar-refractivity contribution in [2.24, 2.45) is 0 Å². The van der Waals surface area contributed by atoms with Crippen molar-refractivity contribution in [3.63, 3.8) is 0 Å². The predicted octanol–water partition coefficient (Wildman–Crippen LogP) is 1.69. The number of nitrogens with zero attached hydrogens (tertiary/aromatic N) is 2. The fourth-order valence-corrected chi connectivity index (χ4v) is 3.09. The van der Waals surface area contributed by atoms with Gasteiger partial charge in [0.15, 0.2) is 5.75 Å². The SMILES string of the molecule is COC[C@@H]1C[C@@H]2CNCCN2c2cc(F)cc(C#N)c2O1.Cl. The number of methoxy groups -OCH3 is 1. The van der Waals surface area contributed by atoms with Gasteiger partial charge in [0.25, 0.3) is 0 Å². The van der Waals surface area contributed by atoms with Gasteiger partial charge in [-0.1, -0.05) is 0 Å². The highest BCUT2D eigenvalue weighted by molar-refractivity contribution is 5.85. The van der Waals surface area contributed by atoms with Crippen LogP contribution >= 0.6 is 12.4 Å². The fourth-order valence-electron chi connectivity index (χ4n) is 3.09. The van der Waals surface area contributed by atoms with Crippen LogP contribution in [0.3, 0.4) is 0 Å². The monoisotopic (exact) mass is 327 g/mol. The number of halogens is 2. The molecule has 0 radical (unpaired) electrons. The molecule has 1 aromatic carbocycles. The Morgan fingerprint density at radius 1 is 1.55 bits per heavy atom. The molecule has 1 aromatic rings. The van der Waals surface area contributed by atoms with E-state index in [9.17, 15) is 9.65 Å². The normalized spacial score (nSPS) is 23.2. The molecule has 0 unspecified atom stereocenters. The summed E-state index contributed by atoms with van der Waals surface area (Å²) in [6.45, 7) is 2.88. The lowest BCUT2D eigenvalue weighted by Gasteiger charge is -2.37. The second-order valence-electron chi connectivity index (χ2n) is 5.40. The lowest BCUT2D eigenvalue weighted by atomic mass is 10.1. The molecule has 22 heavy (non-hydrogen) atoms. The first kappa shape index (κ1) is 16.8. The van der Waals surface area contributed by atoms with Gasteiger partial charge in [-0.15, -0.1) is 12.4 Å². The van der Waals surface area contributed by atoms with Crippen molar-refractivity contribution in [2.45, 2.75) is 18.6 Å². The van der Waals surface area contributed by atoms with Crippen LogP contribution in [0.4, 0.5) is 10.1 Å². The molecule has 0 bridgehead atoms. The summed E-state index contributed by atoms with van der Waals surface area (Å²) in [6.07, 6.45) is 0.642. The lowest BCUT2D eigenvalue weighted by Crippen LogP contribution is -2.52. The van der Waals surface area contributed by atoms with Gasteiger partial charge in [-0.05, 0) is 6.07 Å². The van der Waals surface area contributed by atoms with Crippen LogP contribution in [0, 0.1) is 17.1 Å². The van der Waals surface area contributed by atoms with Gasteiger partial charge in [0.05, 0.1) is 17.9 Å². The Balaban J connectivity index is 0.00000176. The second-order valence-corrected chi connectivity index (χ2v) is 5.40. The topological polar surface area (TPSA) is 57.5 Å². The van der Waals surface area contributed by atoms with Crippen LogP contribution in [0.1, 0.15) is 12.0 Å². The summed E-state index contributed by atoms with van der Waals surface area (Å²) >= 11 is 0. The van der Waals surface area contributed by atoms with Crippen LogP contribution < -0.4 is 15.0 Å². The molecule has 0 aliphatic carbocycles. The minimum absolute atomic E-state index is 0. The molecule has 1 fully saturated rings. The molecule has 2 atom stereocenters. The summed E-state index contributed by atoms with van der Waals surface area (Å²) in [7, 11) is 1.63. The first-order valence-corrected chi connectivity index (χ1v) is 7.09. The number of hydrogen-bond donors (Lipinski definition) is 1. The van der Waals surface area contributed by atoms with E-state index in [-0.39, 0.29) is 30.1 Å². The molecule has 0 saturated carbocycles. The molecular formula is C15H19ClFN3O2. The van der Waals surface area contributed by atoms with Crippen molar-refractivity contribution in [1.29, 1.82) is 5.26 Å². The zero-order valence-corrected chi connectivity index (χ0v) is 13.2. The van der Waals surface area contributed by atoms with Crippen LogP contribution in [0.5, 0.6) is 5.75 Å². The standard InChI is InChI=1S/C15H18FN3O2.ClH/c1-20-9-13-6-12-8-18-2-3-19(12)14-5-11(16)4-10(7-17)15(14)21-13;/h4-5,12-13,18H,2-3,6,8-9H2,1H3;1H/t12-,13+;/m1./s1. The second kappa shape index (κ2) is 7.14. The van der Waals surface area contributed by atoms with Crippen LogP contribution in [0.2, 0.25) is 0 Å². The number of nitrogens with one attached hydrogen (secondary N) is 1. The molecule has 0 amide bonds. The van der Waals surface area contributed by atoms with Crippen molar-refractivity contribution >= 4 is 18.1 Å². The van der Waals surface area contributed by atoms with E-state index in [0.717, 1.165) is 26.1 Å². The summed E-state index contributed by atoms with van der Waals surface area (Å²) in [4.78, 5) is 2.14. The average Bonchev–Trinajstić information content (AvgIpc) is 2.64. The molecule has 1 N–H and O–H groups in total. The van der Waals surface area contributed by atoms with Gasteiger partial charge in [-0.2, -0.15) is 5.26 Å². The fraction of sp³-hybridized carbons (Fsp3) is 0.533. The Kier molecular flexibility index (Phi) is 5.46.